The van der Waals surface area contributed by atoms with Crippen molar-refractivity contribution >= 4 is 33.8 Å². The normalized spacial score (nSPS) is 17.9. The van der Waals surface area contributed by atoms with Crippen molar-refractivity contribution in [2.45, 2.75) is 16.8 Å². The highest BCUT2D eigenvalue weighted by molar-refractivity contribution is 8.00. The molecule has 0 aromatic heterocycles. The number of thioether (sulfide) groups is 1. The van der Waals surface area contributed by atoms with Crippen LogP contribution in [0.3, 0.4) is 0 Å². The van der Waals surface area contributed by atoms with Gasteiger partial charge in [-0.3, -0.25) is 4.79 Å². The molecule has 1 saturated heterocycles. The lowest BCUT2D eigenvalue weighted by molar-refractivity contribution is -0.116. The van der Waals surface area contributed by atoms with Gasteiger partial charge in [0.25, 0.3) is 0 Å². The summed E-state index contributed by atoms with van der Waals surface area (Å²) in [5, 5.41) is 2.58. The molecule has 1 aromatic carbocycles. The van der Waals surface area contributed by atoms with Crippen LogP contribution in [0.25, 0.3) is 6.08 Å². The van der Waals surface area contributed by atoms with Gasteiger partial charge in [-0.1, -0.05) is 12.1 Å². The van der Waals surface area contributed by atoms with Gasteiger partial charge in [0.2, 0.25) is 15.9 Å². The lowest BCUT2D eigenvalue weighted by atomic mass is 10.2. The van der Waals surface area contributed by atoms with E-state index in [-0.39, 0.29) is 35.5 Å². The molecule has 0 radical (unpaired) electrons. The first kappa shape index (κ1) is 19.8. The van der Waals surface area contributed by atoms with E-state index in [4.69, 9.17) is 0 Å². The summed E-state index contributed by atoms with van der Waals surface area (Å²) in [5.41, 5.74) is -3.75. The summed E-state index contributed by atoms with van der Waals surface area (Å²) in [6, 6.07) is 5.62. The maximum Gasteiger partial charge on any atom is 0.446 e. The molecule has 1 aliphatic heterocycles. The molecule has 0 aliphatic carbocycles. The number of benzene rings is 1. The molecule has 5 nitrogen and oxygen atoms in total. The number of carbonyl (C=O) groups is 1. The van der Waals surface area contributed by atoms with Crippen LogP contribution in [0.5, 0.6) is 0 Å². The largest absolute Gasteiger partial charge is 0.446 e. The van der Waals surface area contributed by atoms with Crippen LogP contribution >= 0.6 is 11.8 Å². The van der Waals surface area contributed by atoms with Gasteiger partial charge in [-0.15, -0.1) is 0 Å². The molecule has 0 unspecified atom stereocenters. The number of nitrogens with zero attached hydrogens (tertiary/aromatic N) is 1. The van der Waals surface area contributed by atoms with Gasteiger partial charge in [0.15, 0.2) is 0 Å². The second-order valence-corrected chi connectivity index (χ2v) is 8.54. The van der Waals surface area contributed by atoms with E-state index < -0.39 is 21.4 Å². The predicted octanol–water partition coefficient (Wildman–Crippen LogP) is 2.46. The summed E-state index contributed by atoms with van der Waals surface area (Å²) in [4.78, 5) is 11.8. The number of hydrogen-bond acceptors (Lipinski definition) is 4. The Hall–Kier alpha value is -1.52. The van der Waals surface area contributed by atoms with E-state index in [9.17, 15) is 26.4 Å². The average molecular weight is 394 g/mol. The van der Waals surface area contributed by atoms with E-state index in [0.717, 1.165) is 0 Å². The summed E-state index contributed by atoms with van der Waals surface area (Å²) in [7, 11) is -3.18. The van der Waals surface area contributed by atoms with Crippen molar-refractivity contribution in [3.8, 4) is 0 Å². The molecule has 1 heterocycles. The highest BCUT2D eigenvalue weighted by Gasteiger charge is 2.29. The van der Waals surface area contributed by atoms with Crippen molar-refractivity contribution < 1.29 is 26.4 Å². The summed E-state index contributed by atoms with van der Waals surface area (Å²) < 4.78 is 61.2. The summed E-state index contributed by atoms with van der Waals surface area (Å²) in [5.74, 6) is -0.256. The van der Waals surface area contributed by atoms with Crippen LogP contribution in [0, 0.1) is 0 Å². The van der Waals surface area contributed by atoms with Crippen molar-refractivity contribution in [3.05, 3.63) is 35.9 Å². The van der Waals surface area contributed by atoms with Crippen LogP contribution in [0.2, 0.25) is 0 Å². The second kappa shape index (κ2) is 8.24. The van der Waals surface area contributed by atoms with Crippen molar-refractivity contribution in [2.24, 2.45) is 0 Å². The fourth-order valence-corrected chi connectivity index (χ4v) is 4.33. The quantitative estimate of drug-likeness (QED) is 0.595. The molecule has 25 heavy (non-hydrogen) atoms. The minimum absolute atomic E-state index is 0.0703. The van der Waals surface area contributed by atoms with Gasteiger partial charge in [0, 0.05) is 30.6 Å². The van der Waals surface area contributed by atoms with Crippen LogP contribution in [-0.2, 0) is 14.8 Å². The average Bonchev–Trinajstić information content (AvgIpc) is 2.84. The SMILES string of the molecule is O=C(/C=C/c1ccc(SC(F)(F)F)cc1)NCCN1CCCS1(=O)=O. The minimum atomic E-state index is -4.33. The molecule has 10 heteroatoms. The second-order valence-electron chi connectivity index (χ2n) is 5.31. The molecule has 0 bridgehead atoms. The zero-order valence-corrected chi connectivity index (χ0v) is 14.8. The summed E-state index contributed by atoms with van der Waals surface area (Å²) in [6.45, 7) is 0.894. The summed E-state index contributed by atoms with van der Waals surface area (Å²) >= 11 is -0.200. The Morgan fingerprint density at radius 2 is 1.96 bits per heavy atom. The van der Waals surface area contributed by atoms with Gasteiger partial charge in [0.05, 0.1) is 5.75 Å². The van der Waals surface area contributed by atoms with Crippen molar-refractivity contribution in [2.75, 3.05) is 25.4 Å². The van der Waals surface area contributed by atoms with E-state index in [1.54, 1.807) is 0 Å². The molecule has 0 atom stereocenters. The molecule has 1 fully saturated rings. The third-order valence-electron chi connectivity index (χ3n) is 3.40. The van der Waals surface area contributed by atoms with Crippen LogP contribution in [-0.4, -0.2) is 49.5 Å². The Balaban J connectivity index is 1.78. The van der Waals surface area contributed by atoms with Gasteiger partial charge in [-0.25, -0.2) is 12.7 Å². The van der Waals surface area contributed by atoms with E-state index >= 15 is 0 Å². The Morgan fingerprint density at radius 3 is 2.52 bits per heavy atom. The van der Waals surface area contributed by atoms with E-state index in [1.165, 1.54) is 40.7 Å². The first-order valence-corrected chi connectivity index (χ1v) is 9.88. The number of sulfonamides is 1. The number of amides is 1. The zero-order valence-electron chi connectivity index (χ0n) is 13.1. The van der Waals surface area contributed by atoms with Crippen LogP contribution in [0.1, 0.15) is 12.0 Å². The summed E-state index contributed by atoms with van der Waals surface area (Å²) in [6.07, 6.45) is 3.33. The van der Waals surface area contributed by atoms with E-state index in [2.05, 4.69) is 5.32 Å². The van der Waals surface area contributed by atoms with E-state index in [0.29, 0.717) is 18.5 Å². The Bertz CT molecular complexity index is 731. The van der Waals surface area contributed by atoms with Crippen LogP contribution in [0.15, 0.2) is 35.2 Å². The molecule has 1 N–H and O–H groups in total. The smallest absolute Gasteiger partial charge is 0.351 e. The number of rotatable bonds is 6. The Morgan fingerprint density at radius 1 is 1.28 bits per heavy atom. The Labute approximate surface area is 148 Å². The lowest BCUT2D eigenvalue weighted by Crippen LogP contribution is -2.35. The number of hydrogen-bond donors (Lipinski definition) is 1. The molecule has 138 valence electrons. The molecule has 0 saturated carbocycles. The minimum Gasteiger partial charge on any atom is -0.351 e. The van der Waals surface area contributed by atoms with Gasteiger partial charge in [-0.2, -0.15) is 13.2 Å². The molecule has 0 spiro atoms. The van der Waals surface area contributed by atoms with Crippen molar-refractivity contribution in [1.29, 1.82) is 0 Å². The van der Waals surface area contributed by atoms with Gasteiger partial charge in [0.1, 0.15) is 0 Å². The molecular formula is C15H17F3N2O3S2. The van der Waals surface area contributed by atoms with Crippen molar-refractivity contribution in [3.63, 3.8) is 0 Å². The third kappa shape index (κ3) is 6.71. The first-order valence-electron chi connectivity index (χ1n) is 7.45. The van der Waals surface area contributed by atoms with Crippen LogP contribution < -0.4 is 5.32 Å². The number of halogens is 3. The molecule has 1 aromatic rings. The van der Waals surface area contributed by atoms with Gasteiger partial charge >= 0.3 is 5.51 Å². The standard InChI is InChI=1S/C15H17F3N2O3S2/c16-15(17,18)24-13-5-2-12(3-6-13)4-7-14(21)19-8-10-20-9-1-11-25(20,22)23/h2-7H,1,8-11H2,(H,19,21)/b7-4+. The molecule has 1 aliphatic rings. The van der Waals surface area contributed by atoms with E-state index in [1.807, 2.05) is 0 Å². The highest BCUT2D eigenvalue weighted by atomic mass is 32.2. The maximum atomic E-state index is 12.2. The van der Waals surface area contributed by atoms with Gasteiger partial charge in [-0.05, 0) is 42.0 Å². The monoisotopic (exact) mass is 394 g/mol. The third-order valence-corrected chi connectivity index (χ3v) is 6.10. The Kier molecular flexibility index (Phi) is 6.53. The molecular weight excluding hydrogens is 377 g/mol. The van der Waals surface area contributed by atoms with Crippen LogP contribution in [0.4, 0.5) is 13.2 Å². The number of carbonyl (C=O) groups excluding carboxylic acids is 1. The lowest BCUT2D eigenvalue weighted by Gasteiger charge is -2.13. The fourth-order valence-electron chi connectivity index (χ4n) is 2.26. The van der Waals surface area contributed by atoms with Gasteiger partial charge < -0.3 is 5.32 Å². The fraction of sp³-hybridized carbons (Fsp3) is 0.400. The zero-order chi connectivity index (χ0) is 18.5. The molecule has 1 amide bonds. The topological polar surface area (TPSA) is 66.5 Å². The highest BCUT2D eigenvalue weighted by Crippen LogP contribution is 2.36. The number of alkyl halides is 3. The molecule has 2 rings (SSSR count). The number of nitrogens with one attached hydrogen (secondary N) is 1. The van der Waals surface area contributed by atoms with Crippen molar-refractivity contribution in [1.82, 2.24) is 9.62 Å². The first-order chi connectivity index (χ1) is 11.7. The predicted molar refractivity (Wildman–Crippen MR) is 90.4 cm³/mol. The maximum absolute atomic E-state index is 12.2.